The number of nitrogens with zero attached hydrogens (tertiary/aromatic N) is 1. The van der Waals surface area contributed by atoms with Crippen molar-refractivity contribution >= 4 is 29.5 Å². The number of alkyl carbamates (subject to hydrolysis) is 1. The van der Waals surface area contributed by atoms with Gasteiger partial charge in [-0.05, 0) is 17.2 Å². The fraction of sp³-hybridized carbons (Fsp3) is 0.158. The van der Waals surface area contributed by atoms with E-state index in [1.54, 1.807) is 18.2 Å². The summed E-state index contributed by atoms with van der Waals surface area (Å²) in [6, 6.07) is 13.7. The van der Waals surface area contributed by atoms with Crippen molar-refractivity contribution in [3.63, 3.8) is 0 Å². The molecular weight excluding hydrogens is 350 g/mol. The molecule has 0 aliphatic carbocycles. The molecule has 0 spiro atoms. The number of rotatable bonds is 7. The summed E-state index contributed by atoms with van der Waals surface area (Å²) >= 11 is 0. The first kappa shape index (κ1) is 19.6. The topological polar surface area (TPSA) is 111 Å². The monoisotopic (exact) mass is 369 g/mol. The van der Waals surface area contributed by atoms with E-state index in [4.69, 9.17) is 4.74 Å². The molecule has 0 radical (unpaired) electrons. The molecule has 0 bridgehead atoms. The number of carbonyl (C=O) groups is 2. The van der Waals surface area contributed by atoms with Crippen LogP contribution in [-0.4, -0.2) is 23.5 Å². The molecule has 0 atom stereocenters. The molecule has 2 aromatic carbocycles. The van der Waals surface area contributed by atoms with Crippen LogP contribution in [0.25, 0.3) is 6.08 Å². The summed E-state index contributed by atoms with van der Waals surface area (Å²) in [5.41, 5.74) is 1.37. The molecule has 8 heteroatoms. The lowest BCUT2D eigenvalue weighted by Gasteiger charge is -2.05. The van der Waals surface area contributed by atoms with E-state index in [1.165, 1.54) is 19.1 Å². The van der Waals surface area contributed by atoms with E-state index in [-0.39, 0.29) is 30.4 Å². The first-order chi connectivity index (χ1) is 13.0. The Balaban J connectivity index is 1.86. The highest BCUT2D eigenvalue weighted by Crippen LogP contribution is 2.26. The van der Waals surface area contributed by atoms with Gasteiger partial charge in [0.15, 0.2) is 0 Å². The van der Waals surface area contributed by atoms with Crippen molar-refractivity contribution in [1.29, 1.82) is 0 Å². The van der Waals surface area contributed by atoms with Crippen molar-refractivity contribution in [2.75, 3.05) is 11.9 Å². The first-order valence-corrected chi connectivity index (χ1v) is 8.13. The van der Waals surface area contributed by atoms with Crippen molar-refractivity contribution in [1.82, 2.24) is 5.32 Å². The van der Waals surface area contributed by atoms with Crippen LogP contribution in [0.4, 0.5) is 16.2 Å². The largest absolute Gasteiger partial charge is 0.445 e. The van der Waals surface area contributed by atoms with Gasteiger partial charge in [0.1, 0.15) is 12.3 Å². The molecule has 140 valence electrons. The molecule has 0 saturated carbocycles. The standard InChI is InChI=1S/C19H19N3O5/c1-14(23)21-17-10-9-15(12-18(17)22(25)26)8-5-11-20-19(24)27-13-16-6-3-2-4-7-16/h2-10,12H,11,13H2,1H3,(H,20,24)(H,21,23). The molecule has 8 nitrogen and oxygen atoms in total. The van der Waals surface area contributed by atoms with Crippen LogP contribution >= 0.6 is 0 Å². The van der Waals surface area contributed by atoms with Gasteiger partial charge < -0.3 is 15.4 Å². The van der Waals surface area contributed by atoms with Crippen molar-refractivity contribution in [2.24, 2.45) is 0 Å². The lowest BCUT2D eigenvalue weighted by molar-refractivity contribution is -0.383. The van der Waals surface area contributed by atoms with Gasteiger partial charge in [-0.15, -0.1) is 0 Å². The Kier molecular flexibility index (Phi) is 7.07. The predicted octanol–water partition coefficient (Wildman–Crippen LogP) is 3.49. The van der Waals surface area contributed by atoms with Gasteiger partial charge in [-0.25, -0.2) is 4.79 Å². The third kappa shape index (κ3) is 6.62. The molecule has 0 heterocycles. The quantitative estimate of drug-likeness (QED) is 0.573. The number of amides is 2. The lowest BCUT2D eigenvalue weighted by atomic mass is 10.1. The Morgan fingerprint density at radius 2 is 1.93 bits per heavy atom. The summed E-state index contributed by atoms with van der Waals surface area (Å²) in [5.74, 6) is -0.389. The molecule has 0 aliphatic heterocycles. The molecule has 0 aromatic heterocycles. The smallest absolute Gasteiger partial charge is 0.407 e. The maximum Gasteiger partial charge on any atom is 0.407 e. The van der Waals surface area contributed by atoms with Crippen molar-refractivity contribution in [2.45, 2.75) is 13.5 Å². The second-order valence-corrected chi connectivity index (χ2v) is 5.56. The Labute approximate surface area is 156 Å². The maximum atomic E-state index is 11.6. The molecule has 2 amide bonds. The van der Waals surface area contributed by atoms with Gasteiger partial charge in [0, 0.05) is 19.5 Å². The Morgan fingerprint density at radius 3 is 2.59 bits per heavy atom. The Morgan fingerprint density at radius 1 is 1.19 bits per heavy atom. The molecule has 2 rings (SSSR count). The summed E-state index contributed by atoms with van der Waals surface area (Å²) in [5, 5.41) is 16.1. The lowest BCUT2D eigenvalue weighted by Crippen LogP contribution is -2.24. The van der Waals surface area contributed by atoms with Crippen LogP contribution in [0.15, 0.2) is 54.6 Å². The molecular formula is C19H19N3O5. The highest BCUT2D eigenvalue weighted by molar-refractivity contribution is 5.91. The Bertz CT molecular complexity index is 850. The number of ether oxygens (including phenoxy) is 1. The number of nitro benzene ring substituents is 1. The van der Waals surface area contributed by atoms with E-state index in [0.717, 1.165) is 5.56 Å². The van der Waals surface area contributed by atoms with Gasteiger partial charge >= 0.3 is 6.09 Å². The predicted molar refractivity (Wildman–Crippen MR) is 101 cm³/mol. The van der Waals surface area contributed by atoms with Gasteiger partial charge in [0.25, 0.3) is 5.69 Å². The number of hydrogen-bond donors (Lipinski definition) is 2. The zero-order chi connectivity index (χ0) is 19.6. The maximum absolute atomic E-state index is 11.6. The van der Waals surface area contributed by atoms with E-state index in [2.05, 4.69) is 10.6 Å². The summed E-state index contributed by atoms with van der Waals surface area (Å²) < 4.78 is 5.07. The first-order valence-electron chi connectivity index (χ1n) is 8.13. The van der Waals surface area contributed by atoms with Gasteiger partial charge in [-0.3, -0.25) is 14.9 Å². The molecule has 0 fully saturated rings. The minimum Gasteiger partial charge on any atom is -0.445 e. The average molecular weight is 369 g/mol. The van der Waals surface area contributed by atoms with Gasteiger partial charge in [0.05, 0.1) is 4.92 Å². The molecule has 0 saturated heterocycles. The van der Waals surface area contributed by atoms with Crippen LogP contribution in [0.5, 0.6) is 0 Å². The third-order valence-corrected chi connectivity index (χ3v) is 3.42. The number of nitro groups is 1. The fourth-order valence-corrected chi connectivity index (χ4v) is 2.21. The highest BCUT2D eigenvalue weighted by Gasteiger charge is 2.14. The molecule has 2 N–H and O–H groups in total. The van der Waals surface area contributed by atoms with Crippen LogP contribution in [0.2, 0.25) is 0 Å². The zero-order valence-electron chi connectivity index (χ0n) is 14.7. The second kappa shape index (κ2) is 9.71. The third-order valence-electron chi connectivity index (χ3n) is 3.42. The van der Waals surface area contributed by atoms with Crippen molar-refractivity contribution < 1.29 is 19.2 Å². The summed E-state index contributed by atoms with van der Waals surface area (Å²) in [6.07, 6.45) is 2.71. The van der Waals surface area contributed by atoms with E-state index in [9.17, 15) is 19.7 Å². The van der Waals surface area contributed by atoms with E-state index in [0.29, 0.717) is 5.56 Å². The van der Waals surface area contributed by atoms with Crippen LogP contribution in [0.1, 0.15) is 18.1 Å². The van der Waals surface area contributed by atoms with Gasteiger partial charge in [0.2, 0.25) is 5.91 Å². The fourth-order valence-electron chi connectivity index (χ4n) is 2.21. The highest BCUT2D eigenvalue weighted by atomic mass is 16.6. The normalized spacial score (nSPS) is 10.4. The number of benzene rings is 2. The molecule has 27 heavy (non-hydrogen) atoms. The zero-order valence-corrected chi connectivity index (χ0v) is 14.7. The van der Waals surface area contributed by atoms with E-state index < -0.39 is 11.0 Å². The average Bonchev–Trinajstić information content (AvgIpc) is 2.64. The van der Waals surface area contributed by atoms with Crippen molar-refractivity contribution in [3.8, 4) is 0 Å². The van der Waals surface area contributed by atoms with Crippen LogP contribution in [0.3, 0.4) is 0 Å². The van der Waals surface area contributed by atoms with Crippen molar-refractivity contribution in [3.05, 3.63) is 75.8 Å². The van der Waals surface area contributed by atoms with Crippen LogP contribution in [0, 0.1) is 10.1 Å². The van der Waals surface area contributed by atoms with Gasteiger partial charge in [-0.1, -0.05) is 48.6 Å². The number of anilines is 1. The SMILES string of the molecule is CC(=O)Nc1ccc(C=CCNC(=O)OCc2ccccc2)cc1[N+](=O)[O-]. The minimum absolute atomic E-state index is 0.132. The second-order valence-electron chi connectivity index (χ2n) is 5.56. The molecule has 2 aromatic rings. The van der Waals surface area contributed by atoms with E-state index >= 15 is 0 Å². The molecule has 0 aliphatic rings. The summed E-state index contributed by atoms with van der Waals surface area (Å²) in [6.45, 7) is 1.65. The number of carbonyl (C=O) groups excluding carboxylic acids is 2. The number of hydrogen-bond acceptors (Lipinski definition) is 5. The van der Waals surface area contributed by atoms with E-state index in [1.807, 2.05) is 30.3 Å². The molecule has 0 unspecified atom stereocenters. The van der Waals surface area contributed by atoms with Crippen LogP contribution in [-0.2, 0) is 16.1 Å². The van der Waals surface area contributed by atoms with Gasteiger partial charge in [-0.2, -0.15) is 0 Å². The summed E-state index contributed by atoms with van der Waals surface area (Å²) in [7, 11) is 0. The minimum atomic E-state index is -0.568. The Hall–Kier alpha value is -3.68. The number of nitrogens with one attached hydrogen (secondary N) is 2. The summed E-state index contributed by atoms with van der Waals surface area (Å²) in [4.78, 5) is 33.3. The van der Waals surface area contributed by atoms with Crippen LogP contribution < -0.4 is 10.6 Å².